The number of rotatable bonds is 7. The van der Waals surface area contributed by atoms with Gasteiger partial charge in [0.15, 0.2) is 5.82 Å². The molecule has 1 atom stereocenters. The van der Waals surface area contributed by atoms with E-state index in [0.29, 0.717) is 6.54 Å². The van der Waals surface area contributed by atoms with Gasteiger partial charge in [-0.25, -0.2) is 9.97 Å². The number of thiophene rings is 1. The van der Waals surface area contributed by atoms with Gasteiger partial charge in [-0.05, 0) is 59.9 Å². The Morgan fingerprint density at radius 2 is 1.69 bits per heavy atom. The zero-order valence-corrected chi connectivity index (χ0v) is 17.5. The van der Waals surface area contributed by atoms with Crippen LogP contribution in [-0.4, -0.2) is 15.0 Å². The highest BCUT2D eigenvalue weighted by Gasteiger charge is 2.16. The summed E-state index contributed by atoms with van der Waals surface area (Å²) in [5, 5.41) is 7.99. The highest BCUT2D eigenvalue weighted by Crippen LogP contribution is 2.22. The molecule has 1 N–H and O–H groups in total. The molecule has 0 aliphatic rings. The first-order valence-corrected chi connectivity index (χ1v) is 10.7. The summed E-state index contributed by atoms with van der Waals surface area (Å²) in [7, 11) is 0. The summed E-state index contributed by atoms with van der Waals surface area (Å²) >= 11 is 1.73. The first-order valence-electron chi connectivity index (χ1n) is 9.73. The molecule has 0 fully saturated rings. The van der Waals surface area contributed by atoms with E-state index in [-0.39, 0.29) is 6.04 Å². The molecule has 0 saturated heterocycles. The third-order valence-electron chi connectivity index (χ3n) is 5.04. The van der Waals surface area contributed by atoms with E-state index < -0.39 is 0 Å². The standard InChI is InChI=1S/C24H24N4S/c1-17-6-3-4-8-21(17)24-27-14-20(15-28-24)13-26-22(12-19-9-11-29-16-19)23-18(2)7-5-10-25-23/h3-11,14-16,22,26H,12-13H2,1-2H3/t22-/m0/s1. The SMILES string of the molecule is Cc1ccccc1-c1ncc(CN[C@@H](Cc2ccsc2)c2ncccc2C)cn1. The predicted octanol–water partition coefficient (Wildman–Crippen LogP) is 5.29. The number of nitrogens with one attached hydrogen (secondary N) is 1. The average molecular weight is 401 g/mol. The Kier molecular flexibility index (Phi) is 6.08. The van der Waals surface area contributed by atoms with E-state index >= 15 is 0 Å². The first-order chi connectivity index (χ1) is 14.2. The molecule has 0 amide bonds. The second-order valence-corrected chi connectivity index (χ2v) is 7.98. The monoisotopic (exact) mass is 400 g/mol. The second-order valence-electron chi connectivity index (χ2n) is 7.20. The molecule has 0 radical (unpaired) electrons. The number of hydrogen-bond acceptors (Lipinski definition) is 5. The van der Waals surface area contributed by atoms with E-state index in [1.165, 1.54) is 16.7 Å². The third kappa shape index (κ3) is 4.75. The van der Waals surface area contributed by atoms with Gasteiger partial charge in [-0.15, -0.1) is 0 Å². The van der Waals surface area contributed by atoms with Crippen LogP contribution < -0.4 is 5.32 Å². The summed E-state index contributed by atoms with van der Waals surface area (Å²) in [6.07, 6.45) is 6.59. The number of aromatic nitrogens is 3. The average Bonchev–Trinajstić information content (AvgIpc) is 3.26. The number of nitrogens with zero attached hydrogens (tertiary/aromatic N) is 3. The van der Waals surface area contributed by atoms with E-state index in [2.05, 4.69) is 69.1 Å². The largest absolute Gasteiger partial charge is 0.304 e. The van der Waals surface area contributed by atoms with Gasteiger partial charge in [0.05, 0.1) is 11.7 Å². The Hall–Kier alpha value is -2.89. The zero-order chi connectivity index (χ0) is 20.1. The molecular formula is C24H24N4S. The molecule has 4 nitrogen and oxygen atoms in total. The van der Waals surface area contributed by atoms with Crippen LogP contribution in [0.3, 0.4) is 0 Å². The summed E-state index contributed by atoms with van der Waals surface area (Å²) in [6, 6.07) is 14.6. The fourth-order valence-electron chi connectivity index (χ4n) is 3.42. The van der Waals surface area contributed by atoms with Crippen molar-refractivity contribution in [1.82, 2.24) is 20.3 Å². The minimum atomic E-state index is 0.141. The highest BCUT2D eigenvalue weighted by atomic mass is 32.1. The number of pyridine rings is 1. The maximum atomic E-state index is 4.64. The molecule has 0 unspecified atom stereocenters. The number of hydrogen-bond donors (Lipinski definition) is 1. The van der Waals surface area contributed by atoms with Crippen LogP contribution in [0.1, 0.15) is 34.0 Å². The number of benzene rings is 1. The van der Waals surface area contributed by atoms with Gasteiger partial charge in [0.1, 0.15) is 0 Å². The lowest BCUT2D eigenvalue weighted by Gasteiger charge is -2.20. The lowest BCUT2D eigenvalue weighted by Crippen LogP contribution is -2.24. The fourth-order valence-corrected chi connectivity index (χ4v) is 4.10. The molecule has 4 aromatic rings. The Morgan fingerprint density at radius 1 is 0.897 bits per heavy atom. The van der Waals surface area contributed by atoms with Crippen LogP contribution in [0, 0.1) is 13.8 Å². The molecule has 0 aliphatic carbocycles. The third-order valence-corrected chi connectivity index (χ3v) is 5.78. The van der Waals surface area contributed by atoms with Gasteiger partial charge in [-0.2, -0.15) is 11.3 Å². The number of aryl methyl sites for hydroxylation is 2. The summed E-state index contributed by atoms with van der Waals surface area (Å²) < 4.78 is 0. The first kappa shape index (κ1) is 19.4. The van der Waals surface area contributed by atoms with Crippen LogP contribution in [0.4, 0.5) is 0 Å². The van der Waals surface area contributed by atoms with Gasteiger partial charge in [0.25, 0.3) is 0 Å². The minimum Gasteiger partial charge on any atom is -0.304 e. The Morgan fingerprint density at radius 3 is 2.41 bits per heavy atom. The minimum absolute atomic E-state index is 0.141. The van der Waals surface area contributed by atoms with Gasteiger partial charge in [-0.3, -0.25) is 4.98 Å². The fraction of sp³-hybridized carbons (Fsp3) is 0.208. The maximum Gasteiger partial charge on any atom is 0.159 e. The molecule has 5 heteroatoms. The summed E-state index contributed by atoms with van der Waals surface area (Å²) in [5.41, 5.74) is 6.93. The van der Waals surface area contributed by atoms with E-state index in [0.717, 1.165) is 29.1 Å². The van der Waals surface area contributed by atoms with E-state index in [4.69, 9.17) is 0 Å². The van der Waals surface area contributed by atoms with Gasteiger partial charge in [-0.1, -0.05) is 30.3 Å². The molecule has 1 aromatic carbocycles. The van der Waals surface area contributed by atoms with Crippen molar-refractivity contribution in [3.05, 3.63) is 99.8 Å². The van der Waals surface area contributed by atoms with Gasteiger partial charge in [0, 0.05) is 36.3 Å². The van der Waals surface area contributed by atoms with Crippen LogP contribution in [0.5, 0.6) is 0 Å². The van der Waals surface area contributed by atoms with Crippen molar-refractivity contribution in [1.29, 1.82) is 0 Å². The van der Waals surface area contributed by atoms with Crippen molar-refractivity contribution in [2.45, 2.75) is 32.9 Å². The maximum absolute atomic E-state index is 4.64. The van der Waals surface area contributed by atoms with Crippen LogP contribution in [0.25, 0.3) is 11.4 Å². The molecule has 0 saturated carbocycles. The van der Waals surface area contributed by atoms with E-state index in [1.807, 2.05) is 36.8 Å². The molecule has 0 spiro atoms. The van der Waals surface area contributed by atoms with Crippen molar-refractivity contribution in [3.8, 4) is 11.4 Å². The molecule has 4 rings (SSSR count). The smallest absolute Gasteiger partial charge is 0.159 e. The van der Waals surface area contributed by atoms with Crippen molar-refractivity contribution in [2.75, 3.05) is 0 Å². The van der Waals surface area contributed by atoms with E-state index in [1.54, 1.807) is 11.3 Å². The Labute approximate surface area is 175 Å². The van der Waals surface area contributed by atoms with Crippen LogP contribution in [-0.2, 0) is 13.0 Å². The normalized spacial score (nSPS) is 12.1. The van der Waals surface area contributed by atoms with Crippen molar-refractivity contribution >= 4 is 11.3 Å². The van der Waals surface area contributed by atoms with Crippen molar-refractivity contribution in [3.63, 3.8) is 0 Å². The predicted molar refractivity (Wildman–Crippen MR) is 119 cm³/mol. The van der Waals surface area contributed by atoms with E-state index in [9.17, 15) is 0 Å². The molecule has 3 heterocycles. The molecule has 0 bridgehead atoms. The zero-order valence-electron chi connectivity index (χ0n) is 16.7. The summed E-state index contributed by atoms with van der Waals surface area (Å²) in [4.78, 5) is 13.8. The lowest BCUT2D eigenvalue weighted by atomic mass is 10.0. The molecule has 3 aromatic heterocycles. The van der Waals surface area contributed by atoms with Crippen molar-refractivity contribution in [2.24, 2.45) is 0 Å². The van der Waals surface area contributed by atoms with Crippen LogP contribution in [0.2, 0.25) is 0 Å². The van der Waals surface area contributed by atoms with Gasteiger partial charge in [0.2, 0.25) is 0 Å². The van der Waals surface area contributed by atoms with Crippen LogP contribution >= 0.6 is 11.3 Å². The topological polar surface area (TPSA) is 50.7 Å². The molecule has 29 heavy (non-hydrogen) atoms. The molecular weight excluding hydrogens is 376 g/mol. The Balaban J connectivity index is 1.50. The Bertz CT molecular complexity index is 1060. The summed E-state index contributed by atoms with van der Waals surface area (Å²) in [6.45, 7) is 4.89. The summed E-state index contributed by atoms with van der Waals surface area (Å²) in [5.74, 6) is 0.766. The van der Waals surface area contributed by atoms with Crippen LogP contribution in [0.15, 0.2) is 71.8 Å². The molecule has 0 aliphatic heterocycles. The highest BCUT2D eigenvalue weighted by molar-refractivity contribution is 7.07. The second kappa shape index (κ2) is 9.07. The molecule has 146 valence electrons. The quantitative estimate of drug-likeness (QED) is 0.458. The van der Waals surface area contributed by atoms with Gasteiger partial charge < -0.3 is 5.32 Å². The van der Waals surface area contributed by atoms with Gasteiger partial charge >= 0.3 is 0 Å². The van der Waals surface area contributed by atoms with Crippen molar-refractivity contribution < 1.29 is 0 Å². The lowest BCUT2D eigenvalue weighted by molar-refractivity contribution is 0.515.